The largest absolute Gasteiger partial charge is 0.493 e. The summed E-state index contributed by atoms with van der Waals surface area (Å²) in [6.07, 6.45) is 5.66. The lowest BCUT2D eigenvalue weighted by atomic mass is 9.95. The summed E-state index contributed by atoms with van der Waals surface area (Å²) in [5, 5.41) is 12.6. The summed E-state index contributed by atoms with van der Waals surface area (Å²) < 4.78 is 1.32. The van der Waals surface area contributed by atoms with Crippen molar-refractivity contribution < 1.29 is 9.90 Å². The van der Waals surface area contributed by atoms with Crippen LogP contribution in [0.15, 0.2) is 16.0 Å². The molecule has 0 unspecified atom stereocenters. The predicted molar refractivity (Wildman–Crippen MR) is 76.9 cm³/mol. The van der Waals surface area contributed by atoms with Crippen LogP contribution in [0, 0.1) is 0 Å². The van der Waals surface area contributed by atoms with Gasteiger partial charge in [0, 0.05) is 13.1 Å². The molecule has 1 heterocycles. The second-order valence-electron chi connectivity index (χ2n) is 4.99. The average molecular weight is 297 g/mol. The molecule has 1 aliphatic carbocycles. The number of hydrogen-bond acceptors (Lipinski definition) is 5. The topological polar surface area (TPSA) is 84.2 Å². The number of rotatable bonds is 4. The Morgan fingerprint density at radius 3 is 2.90 bits per heavy atom. The average Bonchev–Trinajstić information content (AvgIpc) is 2.42. The van der Waals surface area contributed by atoms with E-state index in [9.17, 15) is 14.7 Å². The molecule has 0 aromatic carbocycles. The van der Waals surface area contributed by atoms with E-state index < -0.39 is 0 Å². The van der Waals surface area contributed by atoms with Crippen LogP contribution in [0.4, 0.5) is 0 Å². The van der Waals surface area contributed by atoms with E-state index in [2.05, 4.69) is 10.3 Å². The van der Waals surface area contributed by atoms with Crippen LogP contribution in [0.2, 0.25) is 0 Å². The first-order chi connectivity index (χ1) is 9.56. The van der Waals surface area contributed by atoms with E-state index >= 15 is 0 Å². The molecule has 0 atom stereocenters. The van der Waals surface area contributed by atoms with Crippen LogP contribution in [0.25, 0.3) is 0 Å². The molecule has 110 valence electrons. The number of carbonyl (C=O) groups excluding carboxylic acids is 1. The van der Waals surface area contributed by atoms with Crippen molar-refractivity contribution in [1.29, 1.82) is 0 Å². The molecular formula is C13H19N3O3S. The summed E-state index contributed by atoms with van der Waals surface area (Å²) in [7, 11) is 1.57. The van der Waals surface area contributed by atoms with Crippen molar-refractivity contribution in [3.05, 3.63) is 16.4 Å². The maximum atomic E-state index is 11.9. The normalized spacial score (nSPS) is 16.1. The minimum Gasteiger partial charge on any atom is -0.493 e. The fraction of sp³-hybridized carbons (Fsp3) is 0.615. The first-order valence-electron chi connectivity index (χ1n) is 6.75. The lowest BCUT2D eigenvalue weighted by Crippen LogP contribution is -2.37. The van der Waals surface area contributed by atoms with Gasteiger partial charge < -0.3 is 10.4 Å². The quantitative estimate of drug-likeness (QED) is 0.640. The molecule has 1 amide bonds. The van der Waals surface area contributed by atoms with E-state index in [1.54, 1.807) is 7.05 Å². The third-order valence-corrected chi connectivity index (χ3v) is 4.41. The standard InChI is InChI=1S/C13H19N3O3S/c1-16-12(19)7-10(17)15-13(16)20-8-11(18)14-9-5-3-2-4-6-9/h7,9,17H,2-6,8H2,1H3,(H,14,18). The molecule has 0 saturated heterocycles. The van der Waals surface area contributed by atoms with Gasteiger partial charge in [0.2, 0.25) is 11.8 Å². The van der Waals surface area contributed by atoms with Crippen LogP contribution < -0.4 is 10.9 Å². The molecule has 1 aromatic rings. The molecule has 0 aliphatic heterocycles. The zero-order chi connectivity index (χ0) is 14.5. The highest BCUT2D eigenvalue weighted by Crippen LogP contribution is 2.18. The van der Waals surface area contributed by atoms with Crippen molar-refractivity contribution >= 4 is 17.7 Å². The lowest BCUT2D eigenvalue weighted by Gasteiger charge is -2.22. The molecule has 1 aliphatic rings. The van der Waals surface area contributed by atoms with Gasteiger partial charge in [-0.05, 0) is 12.8 Å². The van der Waals surface area contributed by atoms with Gasteiger partial charge in [-0.2, -0.15) is 4.98 Å². The first kappa shape index (κ1) is 14.9. The number of hydrogen-bond donors (Lipinski definition) is 2. The van der Waals surface area contributed by atoms with Gasteiger partial charge in [0.1, 0.15) is 0 Å². The van der Waals surface area contributed by atoms with Crippen molar-refractivity contribution in [1.82, 2.24) is 14.9 Å². The maximum absolute atomic E-state index is 11.9. The van der Waals surface area contributed by atoms with Crippen molar-refractivity contribution in [2.45, 2.75) is 43.3 Å². The van der Waals surface area contributed by atoms with Gasteiger partial charge >= 0.3 is 0 Å². The Balaban J connectivity index is 1.88. The minimum absolute atomic E-state index is 0.0560. The van der Waals surface area contributed by atoms with Gasteiger partial charge in [-0.3, -0.25) is 14.2 Å². The fourth-order valence-electron chi connectivity index (χ4n) is 2.28. The van der Waals surface area contributed by atoms with Crippen LogP contribution >= 0.6 is 11.8 Å². The van der Waals surface area contributed by atoms with Crippen LogP contribution in [-0.2, 0) is 11.8 Å². The summed E-state index contributed by atoms with van der Waals surface area (Å²) in [5.41, 5.74) is -0.340. The SMILES string of the molecule is Cn1c(SCC(=O)NC2CCCCC2)nc(O)cc1=O. The molecule has 1 aromatic heterocycles. The van der Waals surface area contributed by atoms with E-state index in [-0.39, 0.29) is 29.1 Å². The zero-order valence-electron chi connectivity index (χ0n) is 11.5. The van der Waals surface area contributed by atoms with Crippen molar-refractivity contribution in [3.63, 3.8) is 0 Å². The van der Waals surface area contributed by atoms with E-state index in [0.29, 0.717) is 5.16 Å². The molecule has 0 radical (unpaired) electrons. The van der Waals surface area contributed by atoms with Crippen molar-refractivity contribution in [2.24, 2.45) is 7.05 Å². The highest BCUT2D eigenvalue weighted by molar-refractivity contribution is 7.99. The van der Waals surface area contributed by atoms with Gasteiger partial charge in [0.15, 0.2) is 5.16 Å². The lowest BCUT2D eigenvalue weighted by molar-refractivity contribution is -0.119. The molecule has 7 heteroatoms. The summed E-state index contributed by atoms with van der Waals surface area (Å²) >= 11 is 1.15. The first-order valence-corrected chi connectivity index (χ1v) is 7.74. The Kier molecular flexibility index (Phi) is 5.05. The number of thioether (sulfide) groups is 1. The predicted octanol–water partition coefficient (Wildman–Crippen LogP) is 1.03. The summed E-state index contributed by atoms with van der Waals surface area (Å²) in [6, 6.07) is 1.32. The van der Waals surface area contributed by atoms with Gasteiger partial charge in [-0.15, -0.1) is 0 Å². The van der Waals surface area contributed by atoms with Gasteiger partial charge in [0.05, 0.1) is 11.8 Å². The molecule has 6 nitrogen and oxygen atoms in total. The van der Waals surface area contributed by atoms with Crippen LogP contribution in [-0.4, -0.2) is 32.4 Å². The highest BCUT2D eigenvalue weighted by atomic mass is 32.2. The molecule has 1 fully saturated rings. The highest BCUT2D eigenvalue weighted by Gasteiger charge is 2.16. The smallest absolute Gasteiger partial charge is 0.257 e. The van der Waals surface area contributed by atoms with Crippen molar-refractivity contribution in [2.75, 3.05) is 5.75 Å². The molecule has 0 bridgehead atoms. The summed E-state index contributed by atoms with van der Waals surface area (Å²) in [6.45, 7) is 0. The second kappa shape index (κ2) is 6.78. The third kappa shape index (κ3) is 4.00. The monoisotopic (exact) mass is 297 g/mol. The van der Waals surface area contributed by atoms with Crippen LogP contribution in [0.5, 0.6) is 5.88 Å². The molecule has 1 saturated carbocycles. The number of aromatic hydroxyl groups is 1. The Morgan fingerprint density at radius 1 is 1.50 bits per heavy atom. The minimum atomic E-state index is -0.340. The Bertz CT molecular complexity index is 538. The molecule has 2 rings (SSSR count). The van der Waals surface area contributed by atoms with E-state index in [4.69, 9.17) is 0 Å². The van der Waals surface area contributed by atoms with Crippen LogP contribution in [0.1, 0.15) is 32.1 Å². The second-order valence-corrected chi connectivity index (χ2v) is 5.93. The molecular weight excluding hydrogens is 278 g/mol. The number of nitrogens with one attached hydrogen (secondary N) is 1. The van der Waals surface area contributed by atoms with E-state index in [0.717, 1.165) is 30.7 Å². The Hall–Kier alpha value is -1.50. The van der Waals surface area contributed by atoms with Gasteiger partial charge in [-0.1, -0.05) is 31.0 Å². The molecule has 0 spiro atoms. The Labute approximate surface area is 121 Å². The summed E-state index contributed by atoms with van der Waals surface area (Å²) in [5.74, 6) is -0.178. The number of amides is 1. The molecule has 2 N–H and O–H groups in total. The number of nitrogens with zero attached hydrogens (tertiary/aromatic N) is 2. The fourth-order valence-corrected chi connectivity index (χ4v) is 3.07. The zero-order valence-corrected chi connectivity index (χ0v) is 12.3. The number of aromatic nitrogens is 2. The van der Waals surface area contributed by atoms with Crippen LogP contribution in [0.3, 0.4) is 0 Å². The van der Waals surface area contributed by atoms with Gasteiger partial charge in [0.25, 0.3) is 5.56 Å². The number of carbonyl (C=O) groups is 1. The van der Waals surface area contributed by atoms with E-state index in [1.165, 1.54) is 23.8 Å². The molecule has 20 heavy (non-hydrogen) atoms. The van der Waals surface area contributed by atoms with E-state index in [1.807, 2.05) is 0 Å². The Morgan fingerprint density at radius 2 is 2.20 bits per heavy atom. The summed E-state index contributed by atoms with van der Waals surface area (Å²) in [4.78, 5) is 27.2. The van der Waals surface area contributed by atoms with Gasteiger partial charge in [-0.25, -0.2) is 0 Å². The maximum Gasteiger partial charge on any atom is 0.257 e. The third-order valence-electron chi connectivity index (χ3n) is 3.38. The van der Waals surface area contributed by atoms with Crippen molar-refractivity contribution in [3.8, 4) is 5.88 Å².